The van der Waals surface area contributed by atoms with Gasteiger partial charge in [0, 0.05) is 16.3 Å². The van der Waals surface area contributed by atoms with E-state index in [1.54, 1.807) is 0 Å². The number of nitrogens with one attached hydrogen (secondary N) is 1. The van der Waals surface area contributed by atoms with Crippen LogP contribution in [0.15, 0.2) is 24.3 Å². The van der Waals surface area contributed by atoms with Crippen LogP contribution in [-0.4, -0.2) is 30.1 Å². The molecule has 0 radical (unpaired) electrons. The van der Waals surface area contributed by atoms with E-state index in [0.29, 0.717) is 0 Å². The molecule has 0 aromatic heterocycles. The highest BCUT2D eigenvalue weighted by atomic mass is 35.5. The Balaban J connectivity index is 2.17. The van der Waals surface area contributed by atoms with Gasteiger partial charge in [-0.1, -0.05) is 23.7 Å². The maximum absolute atomic E-state index is 9.26. The Morgan fingerprint density at radius 1 is 1.33 bits per heavy atom. The minimum absolute atomic E-state index is 0.138. The highest BCUT2D eigenvalue weighted by Gasteiger charge is 2.19. The zero-order valence-electron chi connectivity index (χ0n) is 11.1. The van der Waals surface area contributed by atoms with Crippen molar-refractivity contribution in [3.8, 4) is 0 Å². The predicted octanol–water partition coefficient (Wildman–Crippen LogP) is 3.32. The number of thioether (sulfide) groups is 1. The largest absolute Gasteiger partial charge is 0.394 e. The molecular weight excluding hydrogens is 266 g/mol. The van der Waals surface area contributed by atoms with Crippen LogP contribution in [0.4, 0.5) is 0 Å². The van der Waals surface area contributed by atoms with Gasteiger partial charge in [-0.3, -0.25) is 0 Å². The van der Waals surface area contributed by atoms with Gasteiger partial charge < -0.3 is 10.4 Å². The average molecular weight is 288 g/mol. The fourth-order valence-electron chi connectivity index (χ4n) is 1.62. The number of rotatable bonds is 8. The summed E-state index contributed by atoms with van der Waals surface area (Å²) in [6, 6.07) is 8.00. The molecule has 2 nitrogen and oxygen atoms in total. The van der Waals surface area contributed by atoms with Gasteiger partial charge in [0.05, 0.1) is 6.61 Å². The van der Waals surface area contributed by atoms with Gasteiger partial charge in [0.1, 0.15) is 0 Å². The zero-order chi connectivity index (χ0) is 13.4. The van der Waals surface area contributed by atoms with Crippen molar-refractivity contribution in [1.29, 1.82) is 0 Å². The van der Waals surface area contributed by atoms with Crippen LogP contribution < -0.4 is 5.32 Å². The van der Waals surface area contributed by atoms with E-state index in [4.69, 9.17) is 11.6 Å². The minimum Gasteiger partial charge on any atom is -0.394 e. The molecule has 0 aliphatic rings. The smallest absolute Gasteiger partial charge is 0.0610 e. The summed E-state index contributed by atoms with van der Waals surface area (Å²) in [7, 11) is 1.90. The Morgan fingerprint density at radius 2 is 2.00 bits per heavy atom. The maximum atomic E-state index is 9.26. The number of halogens is 1. The van der Waals surface area contributed by atoms with Crippen molar-refractivity contribution < 1.29 is 5.11 Å². The van der Waals surface area contributed by atoms with Crippen LogP contribution in [0, 0.1) is 0 Å². The summed E-state index contributed by atoms with van der Waals surface area (Å²) in [4.78, 5) is 0. The Morgan fingerprint density at radius 3 is 2.56 bits per heavy atom. The number of aliphatic hydroxyl groups is 1. The van der Waals surface area contributed by atoms with E-state index in [2.05, 4.69) is 24.4 Å². The molecule has 0 aliphatic heterocycles. The molecule has 0 spiro atoms. The molecule has 0 aliphatic carbocycles. The van der Waals surface area contributed by atoms with Crippen LogP contribution >= 0.6 is 23.4 Å². The van der Waals surface area contributed by atoms with E-state index >= 15 is 0 Å². The molecule has 1 aromatic rings. The first-order valence-corrected chi connectivity index (χ1v) is 7.75. The molecule has 0 amide bonds. The van der Waals surface area contributed by atoms with Crippen LogP contribution in [0.5, 0.6) is 0 Å². The van der Waals surface area contributed by atoms with Crippen molar-refractivity contribution in [3.05, 3.63) is 34.9 Å². The van der Waals surface area contributed by atoms with Crippen molar-refractivity contribution in [3.63, 3.8) is 0 Å². The van der Waals surface area contributed by atoms with Crippen LogP contribution in [0.25, 0.3) is 0 Å². The molecule has 1 atom stereocenters. The third-order valence-corrected chi connectivity index (χ3v) is 4.52. The van der Waals surface area contributed by atoms with E-state index in [9.17, 15) is 5.11 Å². The van der Waals surface area contributed by atoms with Gasteiger partial charge >= 0.3 is 0 Å². The lowest BCUT2D eigenvalue weighted by Gasteiger charge is -2.26. The Bertz CT molecular complexity index is 338. The highest BCUT2D eigenvalue weighted by Crippen LogP contribution is 2.18. The third-order valence-electron chi connectivity index (χ3n) is 3.15. The maximum Gasteiger partial charge on any atom is 0.0610 e. The molecule has 18 heavy (non-hydrogen) atoms. The molecule has 1 rings (SSSR count). The van der Waals surface area contributed by atoms with Crippen LogP contribution in [0.3, 0.4) is 0 Å². The van der Waals surface area contributed by atoms with Gasteiger partial charge in [0.15, 0.2) is 0 Å². The fraction of sp³-hybridized carbons (Fsp3) is 0.571. The monoisotopic (exact) mass is 287 g/mol. The Kier molecular flexibility index (Phi) is 7.08. The van der Waals surface area contributed by atoms with E-state index in [-0.39, 0.29) is 12.1 Å². The summed E-state index contributed by atoms with van der Waals surface area (Å²) >= 11 is 7.76. The summed E-state index contributed by atoms with van der Waals surface area (Å²) < 4.78 is 0. The molecule has 1 unspecified atom stereocenters. The number of benzene rings is 1. The lowest BCUT2D eigenvalue weighted by Crippen LogP contribution is -2.43. The van der Waals surface area contributed by atoms with Crippen molar-refractivity contribution in [2.24, 2.45) is 0 Å². The van der Waals surface area contributed by atoms with Crippen molar-refractivity contribution in [2.45, 2.75) is 31.1 Å². The van der Waals surface area contributed by atoms with Crippen LogP contribution in [-0.2, 0) is 5.75 Å². The van der Waals surface area contributed by atoms with Gasteiger partial charge in [0.2, 0.25) is 0 Å². The lowest BCUT2D eigenvalue weighted by molar-refractivity contribution is 0.173. The first-order chi connectivity index (χ1) is 8.59. The summed E-state index contributed by atoms with van der Waals surface area (Å²) in [5.74, 6) is 2.13. The van der Waals surface area contributed by atoms with E-state index in [0.717, 1.165) is 29.4 Å². The summed E-state index contributed by atoms with van der Waals surface area (Å²) in [6.07, 6.45) is 2.10. The predicted molar refractivity (Wildman–Crippen MR) is 81.4 cm³/mol. The Labute approximate surface area is 119 Å². The zero-order valence-corrected chi connectivity index (χ0v) is 12.7. The number of hydrogen-bond donors (Lipinski definition) is 2. The lowest BCUT2D eigenvalue weighted by atomic mass is 9.98. The van der Waals surface area contributed by atoms with E-state index in [1.165, 1.54) is 5.56 Å². The van der Waals surface area contributed by atoms with Crippen LogP contribution in [0.1, 0.15) is 25.3 Å². The normalized spacial score (nSPS) is 14.4. The van der Waals surface area contributed by atoms with Gasteiger partial charge in [0.25, 0.3) is 0 Å². The molecule has 0 saturated heterocycles. The summed E-state index contributed by atoms with van der Waals surface area (Å²) in [5.41, 5.74) is 1.17. The second kappa shape index (κ2) is 8.05. The first kappa shape index (κ1) is 15.8. The molecule has 0 saturated carbocycles. The molecule has 4 heteroatoms. The molecule has 1 aromatic carbocycles. The molecule has 0 heterocycles. The Hall–Kier alpha value is -0.220. The highest BCUT2D eigenvalue weighted by molar-refractivity contribution is 7.98. The summed E-state index contributed by atoms with van der Waals surface area (Å²) in [5, 5.41) is 13.2. The first-order valence-electron chi connectivity index (χ1n) is 6.21. The number of hydrogen-bond acceptors (Lipinski definition) is 3. The van der Waals surface area contributed by atoms with Gasteiger partial charge in [-0.25, -0.2) is 0 Å². The number of likely N-dealkylation sites (N-methyl/N-ethyl adjacent to an activating group) is 1. The van der Waals surface area contributed by atoms with Crippen molar-refractivity contribution >= 4 is 23.4 Å². The van der Waals surface area contributed by atoms with Gasteiger partial charge in [-0.05, 0) is 50.3 Å². The van der Waals surface area contributed by atoms with Crippen molar-refractivity contribution in [1.82, 2.24) is 5.32 Å². The second-order valence-corrected chi connectivity index (χ2v) is 6.29. The number of aliphatic hydroxyl groups excluding tert-OH is 1. The topological polar surface area (TPSA) is 32.3 Å². The summed E-state index contributed by atoms with van der Waals surface area (Å²) in [6.45, 7) is 2.24. The van der Waals surface area contributed by atoms with Crippen LogP contribution in [0.2, 0.25) is 5.02 Å². The average Bonchev–Trinajstić information content (AvgIpc) is 2.40. The van der Waals surface area contributed by atoms with Gasteiger partial charge in [-0.2, -0.15) is 11.8 Å². The molecule has 102 valence electrons. The third kappa shape index (κ3) is 5.61. The standard InChI is InChI=1S/C14H22ClNOS/c1-14(11-17,16-2)8-3-9-18-10-12-4-6-13(15)7-5-12/h4-7,16-17H,3,8-11H2,1-2H3. The molecule has 2 N–H and O–H groups in total. The minimum atomic E-state index is -0.138. The van der Waals surface area contributed by atoms with E-state index in [1.807, 2.05) is 30.9 Å². The van der Waals surface area contributed by atoms with Crippen molar-refractivity contribution in [2.75, 3.05) is 19.4 Å². The molecule has 0 fully saturated rings. The molecule has 0 bridgehead atoms. The van der Waals surface area contributed by atoms with E-state index < -0.39 is 0 Å². The molecular formula is C14H22ClNOS. The van der Waals surface area contributed by atoms with Gasteiger partial charge in [-0.15, -0.1) is 0 Å². The fourth-order valence-corrected chi connectivity index (χ4v) is 2.67. The SMILES string of the molecule is CNC(C)(CO)CCCSCc1ccc(Cl)cc1. The quantitative estimate of drug-likeness (QED) is 0.720. The second-order valence-electron chi connectivity index (χ2n) is 4.75.